The Labute approximate surface area is 133 Å². The Morgan fingerprint density at radius 1 is 1.09 bits per heavy atom. The maximum absolute atomic E-state index is 12.0. The van der Waals surface area contributed by atoms with Crippen molar-refractivity contribution >= 4 is 35.0 Å². The first-order valence-corrected chi connectivity index (χ1v) is 7.56. The third kappa shape index (κ3) is 2.81. The Balaban J connectivity index is 1.68. The lowest BCUT2D eigenvalue weighted by Crippen LogP contribution is -2.36. The van der Waals surface area contributed by atoms with Crippen molar-refractivity contribution in [2.24, 2.45) is 0 Å². The molecule has 3 rings (SSSR count). The van der Waals surface area contributed by atoms with Crippen molar-refractivity contribution in [3.63, 3.8) is 0 Å². The van der Waals surface area contributed by atoms with Gasteiger partial charge in [-0.2, -0.15) is 0 Å². The van der Waals surface area contributed by atoms with E-state index in [2.05, 4.69) is 5.32 Å². The number of likely N-dealkylation sites (tertiary alicyclic amines) is 1. The summed E-state index contributed by atoms with van der Waals surface area (Å²) in [6, 6.07) is 5.27. The molecule has 23 heavy (non-hydrogen) atoms. The highest BCUT2D eigenvalue weighted by atomic mass is 16.2. The van der Waals surface area contributed by atoms with Crippen molar-refractivity contribution < 1.29 is 19.2 Å². The molecule has 7 heteroatoms. The van der Waals surface area contributed by atoms with Crippen LogP contribution in [0.15, 0.2) is 18.2 Å². The summed E-state index contributed by atoms with van der Waals surface area (Å²) in [6.07, 6.45) is 0.649. The molecule has 0 saturated carbocycles. The molecule has 0 aromatic heterocycles. The Morgan fingerprint density at radius 3 is 2.43 bits per heavy atom. The van der Waals surface area contributed by atoms with Gasteiger partial charge < -0.3 is 10.2 Å². The highest BCUT2D eigenvalue weighted by molar-refractivity contribution is 6.06. The minimum absolute atomic E-state index is 0.0410. The van der Waals surface area contributed by atoms with Crippen molar-refractivity contribution in [2.45, 2.75) is 26.2 Å². The third-order valence-corrected chi connectivity index (χ3v) is 4.07. The minimum Gasteiger partial charge on any atom is -0.325 e. The number of imide groups is 1. The molecule has 0 aliphatic carbocycles. The van der Waals surface area contributed by atoms with E-state index < -0.39 is 5.91 Å². The maximum atomic E-state index is 12.0. The molecule has 7 nitrogen and oxygen atoms in total. The predicted molar refractivity (Wildman–Crippen MR) is 82.8 cm³/mol. The molecule has 0 atom stereocenters. The van der Waals surface area contributed by atoms with Crippen molar-refractivity contribution in [1.29, 1.82) is 0 Å². The van der Waals surface area contributed by atoms with Crippen molar-refractivity contribution in [3.8, 4) is 0 Å². The zero-order valence-corrected chi connectivity index (χ0v) is 12.8. The predicted octanol–water partition coefficient (Wildman–Crippen LogP) is 0.683. The van der Waals surface area contributed by atoms with Crippen LogP contribution in [0.1, 0.15) is 25.3 Å². The number of carbonyl (C=O) groups is 4. The Hall–Kier alpha value is -2.70. The second-order valence-corrected chi connectivity index (χ2v) is 5.58. The fourth-order valence-electron chi connectivity index (χ4n) is 2.95. The topological polar surface area (TPSA) is 86.8 Å². The minimum atomic E-state index is -0.426. The fraction of sp³-hybridized carbons (Fsp3) is 0.375. The van der Waals surface area contributed by atoms with Crippen LogP contribution in [0.2, 0.25) is 0 Å². The van der Waals surface area contributed by atoms with Crippen molar-refractivity contribution in [3.05, 3.63) is 23.8 Å². The van der Waals surface area contributed by atoms with Gasteiger partial charge in [0.15, 0.2) is 0 Å². The number of anilines is 2. The van der Waals surface area contributed by atoms with Crippen LogP contribution < -0.4 is 10.2 Å². The number of benzene rings is 1. The molecule has 1 N–H and O–H groups in total. The number of amides is 4. The molecule has 0 radical (unpaired) electrons. The van der Waals surface area contributed by atoms with Gasteiger partial charge in [-0.05, 0) is 30.7 Å². The lowest BCUT2D eigenvalue weighted by Gasteiger charge is -2.16. The van der Waals surface area contributed by atoms with Crippen LogP contribution in [-0.4, -0.2) is 41.6 Å². The summed E-state index contributed by atoms with van der Waals surface area (Å²) in [5.41, 5.74) is 2.28. The van der Waals surface area contributed by atoms with E-state index in [1.165, 1.54) is 0 Å². The zero-order valence-electron chi connectivity index (χ0n) is 12.8. The van der Waals surface area contributed by atoms with Crippen LogP contribution in [0.3, 0.4) is 0 Å². The van der Waals surface area contributed by atoms with Crippen LogP contribution in [-0.2, 0) is 25.6 Å². The Kier molecular flexibility index (Phi) is 3.85. The van der Waals surface area contributed by atoms with E-state index in [4.69, 9.17) is 0 Å². The molecule has 2 aliphatic heterocycles. The first-order chi connectivity index (χ1) is 11.0. The van der Waals surface area contributed by atoms with Crippen LogP contribution in [0.4, 0.5) is 11.4 Å². The van der Waals surface area contributed by atoms with Crippen molar-refractivity contribution in [1.82, 2.24) is 4.90 Å². The van der Waals surface area contributed by atoms with E-state index in [0.717, 1.165) is 16.2 Å². The summed E-state index contributed by atoms with van der Waals surface area (Å²) in [6.45, 7) is 2.25. The summed E-state index contributed by atoms with van der Waals surface area (Å²) in [5.74, 6) is -1.02. The van der Waals surface area contributed by atoms with E-state index in [1.54, 1.807) is 23.1 Å². The lowest BCUT2D eigenvalue weighted by atomic mass is 10.1. The highest BCUT2D eigenvalue weighted by Crippen LogP contribution is 2.30. The Bertz CT molecular complexity index is 697. The van der Waals surface area contributed by atoms with Gasteiger partial charge in [0.05, 0.1) is 6.42 Å². The quantitative estimate of drug-likeness (QED) is 0.828. The average Bonchev–Trinajstić information content (AvgIpc) is 2.99. The molecule has 0 spiro atoms. The third-order valence-electron chi connectivity index (χ3n) is 4.07. The van der Waals surface area contributed by atoms with Gasteiger partial charge in [0.25, 0.3) is 0 Å². The van der Waals surface area contributed by atoms with Gasteiger partial charge in [0.1, 0.15) is 6.54 Å². The monoisotopic (exact) mass is 315 g/mol. The summed E-state index contributed by atoms with van der Waals surface area (Å²) in [5, 5.41) is 2.67. The highest BCUT2D eigenvalue weighted by Gasteiger charge is 2.30. The van der Waals surface area contributed by atoms with Gasteiger partial charge in [-0.25, -0.2) is 0 Å². The normalized spacial score (nSPS) is 17.0. The molecule has 0 bridgehead atoms. The fourth-order valence-corrected chi connectivity index (χ4v) is 2.95. The summed E-state index contributed by atoms with van der Waals surface area (Å²) in [4.78, 5) is 49.6. The molecule has 2 heterocycles. The first kappa shape index (κ1) is 15.2. The smallest absolute Gasteiger partial charge is 0.244 e. The number of rotatable bonds is 4. The number of carbonyl (C=O) groups excluding carboxylic acids is 4. The van der Waals surface area contributed by atoms with Crippen LogP contribution in [0.25, 0.3) is 0 Å². The van der Waals surface area contributed by atoms with E-state index in [0.29, 0.717) is 18.7 Å². The first-order valence-electron chi connectivity index (χ1n) is 7.56. The van der Waals surface area contributed by atoms with Crippen molar-refractivity contribution in [2.75, 3.05) is 23.3 Å². The van der Waals surface area contributed by atoms with Crippen LogP contribution in [0.5, 0.6) is 0 Å². The molecule has 2 aliphatic rings. The number of hydrogen-bond acceptors (Lipinski definition) is 4. The second-order valence-electron chi connectivity index (χ2n) is 5.58. The molecular weight excluding hydrogens is 298 g/mol. The molecule has 1 fully saturated rings. The summed E-state index contributed by atoms with van der Waals surface area (Å²) >= 11 is 0. The SMILES string of the molecule is CCN1C(=O)Cc2cc(NC(=O)CN3C(=O)CCC3=O)ccc21. The zero-order chi connectivity index (χ0) is 16.6. The molecular formula is C16H17N3O4. The largest absolute Gasteiger partial charge is 0.325 e. The van der Waals surface area contributed by atoms with E-state index >= 15 is 0 Å². The number of likely N-dealkylation sites (N-methyl/N-ethyl adjacent to an activating group) is 1. The van der Waals surface area contributed by atoms with E-state index in [9.17, 15) is 19.2 Å². The molecule has 1 saturated heterocycles. The van der Waals surface area contributed by atoms with E-state index in [1.807, 2.05) is 6.92 Å². The maximum Gasteiger partial charge on any atom is 0.244 e. The molecule has 1 aromatic rings. The van der Waals surface area contributed by atoms with Crippen LogP contribution >= 0.6 is 0 Å². The van der Waals surface area contributed by atoms with E-state index in [-0.39, 0.29) is 37.1 Å². The van der Waals surface area contributed by atoms with Gasteiger partial charge >= 0.3 is 0 Å². The van der Waals surface area contributed by atoms with Crippen LogP contribution in [0, 0.1) is 0 Å². The summed E-state index contributed by atoms with van der Waals surface area (Å²) < 4.78 is 0. The number of nitrogens with one attached hydrogen (secondary N) is 1. The van der Waals surface area contributed by atoms with Gasteiger partial charge in [0.2, 0.25) is 23.6 Å². The standard InChI is InChI=1S/C16H17N3O4/c1-2-18-12-4-3-11(7-10(12)8-16(18)23)17-13(20)9-19-14(21)5-6-15(19)22/h3-4,7H,2,5-6,8-9H2,1H3,(H,17,20). The molecule has 0 unspecified atom stereocenters. The lowest BCUT2D eigenvalue weighted by molar-refractivity contribution is -0.141. The number of hydrogen-bond donors (Lipinski definition) is 1. The molecule has 4 amide bonds. The molecule has 120 valence electrons. The average molecular weight is 315 g/mol. The van der Waals surface area contributed by atoms with Gasteiger partial charge in [-0.1, -0.05) is 0 Å². The van der Waals surface area contributed by atoms with Gasteiger partial charge in [-0.15, -0.1) is 0 Å². The number of fused-ring (bicyclic) bond motifs is 1. The second kappa shape index (κ2) is 5.83. The Morgan fingerprint density at radius 2 is 1.78 bits per heavy atom. The van der Waals surface area contributed by atoms with Gasteiger partial charge in [0, 0.05) is 30.8 Å². The molecule has 1 aromatic carbocycles. The summed E-state index contributed by atoms with van der Waals surface area (Å²) in [7, 11) is 0. The number of nitrogens with zero attached hydrogens (tertiary/aromatic N) is 2. The van der Waals surface area contributed by atoms with Gasteiger partial charge in [-0.3, -0.25) is 24.1 Å².